The van der Waals surface area contributed by atoms with E-state index in [1.807, 2.05) is 11.4 Å². The summed E-state index contributed by atoms with van der Waals surface area (Å²) < 4.78 is 0.889. The molecule has 0 bridgehead atoms. The highest BCUT2D eigenvalue weighted by molar-refractivity contribution is 7.17. The first-order valence-electron chi connectivity index (χ1n) is 4.47. The predicted octanol–water partition coefficient (Wildman–Crippen LogP) is 2.08. The van der Waals surface area contributed by atoms with Crippen LogP contribution in [0, 0.1) is 0 Å². The van der Waals surface area contributed by atoms with E-state index in [1.165, 1.54) is 11.3 Å². The molecule has 0 fully saturated rings. The number of fused-ring (bicyclic) bond motifs is 2. The number of rotatable bonds is 0. The third kappa shape index (κ3) is 0.907. The van der Waals surface area contributed by atoms with Crippen LogP contribution >= 0.6 is 11.3 Å². The molecule has 0 aliphatic heterocycles. The first-order valence-corrected chi connectivity index (χ1v) is 5.35. The number of aryl methyl sites for hydroxylation is 1. The van der Waals surface area contributed by atoms with E-state index in [4.69, 9.17) is 0 Å². The lowest BCUT2D eigenvalue weighted by Crippen LogP contribution is -2.08. The molecular formula is C10H9NOS. The van der Waals surface area contributed by atoms with Crippen molar-refractivity contribution >= 4 is 21.6 Å². The molecule has 2 aromatic heterocycles. The minimum Gasteiger partial charge on any atom is -0.357 e. The van der Waals surface area contributed by atoms with Crippen LogP contribution in [0.3, 0.4) is 0 Å². The largest absolute Gasteiger partial charge is 0.357 e. The van der Waals surface area contributed by atoms with E-state index in [2.05, 4.69) is 4.98 Å². The fourth-order valence-corrected chi connectivity index (χ4v) is 2.83. The summed E-state index contributed by atoms with van der Waals surface area (Å²) >= 11 is 1.54. The molecule has 0 spiro atoms. The highest BCUT2D eigenvalue weighted by atomic mass is 32.1. The topological polar surface area (TPSA) is 32.9 Å². The zero-order valence-electron chi connectivity index (χ0n) is 7.09. The van der Waals surface area contributed by atoms with Crippen molar-refractivity contribution < 1.29 is 0 Å². The molecule has 0 unspecified atom stereocenters. The van der Waals surface area contributed by atoms with Gasteiger partial charge in [-0.15, -0.1) is 11.3 Å². The second-order valence-corrected chi connectivity index (χ2v) is 4.34. The fraction of sp³-hybridized carbons (Fsp3) is 0.300. The van der Waals surface area contributed by atoms with E-state index in [1.54, 1.807) is 0 Å². The lowest BCUT2D eigenvalue weighted by Gasteiger charge is -1.98. The van der Waals surface area contributed by atoms with Gasteiger partial charge in [-0.25, -0.2) is 0 Å². The van der Waals surface area contributed by atoms with E-state index >= 15 is 0 Å². The molecule has 66 valence electrons. The fourth-order valence-electron chi connectivity index (χ4n) is 2.02. The number of hydrogen-bond acceptors (Lipinski definition) is 2. The second kappa shape index (κ2) is 2.45. The van der Waals surface area contributed by atoms with Crippen LogP contribution in [0.1, 0.15) is 17.7 Å². The Morgan fingerprint density at radius 2 is 2.31 bits per heavy atom. The van der Waals surface area contributed by atoms with Gasteiger partial charge in [0.15, 0.2) is 0 Å². The summed E-state index contributed by atoms with van der Waals surface area (Å²) in [4.78, 5) is 15.2. The van der Waals surface area contributed by atoms with E-state index in [-0.39, 0.29) is 5.43 Å². The Bertz CT molecular complexity index is 523. The van der Waals surface area contributed by atoms with Gasteiger partial charge in [0.25, 0.3) is 0 Å². The number of aromatic nitrogens is 1. The molecule has 13 heavy (non-hydrogen) atoms. The van der Waals surface area contributed by atoms with Crippen LogP contribution in [0.2, 0.25) is 0 Å². The zero-order valence-corrected chi connectivity index (χ0v) is 7.91. The highest BCUT2D eigenvalue weighted by Crippen LogP contribution is 2.22. The molecule has 0 aromatic carbocycles. The molecule has 0 radical (unpaired) electrons. The van der Waals surface area contributed by atoms with Crippen LogP contribution < -0.4 is 5.43 Å². The van der Waals surface area contributed by atoms with Crippen LogP contribution in [0.4, 0.5) is 0 Å². The lowest BCUT2D eigenvalue weighted by atomic mass is 10.2. The van der Waals surface area contributed by atoms with Gasteiger partial charge in [-0.1, -0.05) is 0 Å². The van der Waals surface area contributed by atoms with E-state index in [9.17, 15) is 4.79 Å². The minimum absolute atomic E-state index is 0.260. The number of pyridine rings is 1. The summed E-state index contributed by atoms with van der Waals surface area (Å²) in [6.45, 7) is 0. The average molecular weight is 191 g/mol. The molecule has 0 amide bonds. The predicted molar refractivity (Wildman–Crippen MR) is 54.5 cm³/mol. The number of nitrogens with one attached hydrogen (secondary N) is 1. The minimum atomic E-state index is 0.260. The van der Waals surface area contributed by atoms with Crippen molar-refractivity contribution in [2.75, 3.05) is 0 Å². The molecule has 0 atom stereocenters. The lowest BCUT2D eigenvalue weighted by molar-refractivity contribution is 0.900. The first kappa shape index (κ1) is 7.33. The Morgan fingerprint density at radius 1 is 1.38 bits per heavy atom. The third-order valence-corrected chi connectivity index (χ3v) is 3.56. The maximum absolute atomic E-state index is 11.9. The Hall–Kier alpha value is -1.09. The Morgan fingerprint density at radius 3 is 3.23 bits per heavy atom. The Labute approximate surface area is 79.2 Å². The van der Waals surface area contributed by atoms with Crippen LogP contribution in [0.5, 0.6) is 0 Å². The van der Waals surface area contributed by atoms with Gasteiger partial charge >= 0.3 is 0 Å². The summed E-state index contributed by atoms with van der Waals surface area (Å²) in [5.41, 5.74) is 3.46. The summed E-state index contributed by atoms with van der Waals surface area (Å²) in [6, 6.07) is 1.99. The summed E-state index contributed by atoms with van der Waals surface area (Å²) in [6.07, 6.45) is 3.12. The Kier molecular flexibility index (Phi) is 1.38. The van der Waals surface area contributed by atoms with Gasteiger partial charge in [0.2, 0.25) is 5.43 Å². The smallest absolute Gasteiger partial charge is 0.202 e. The van der Waals surface area contributed by atoms with Crippen molar-refractivity contribution in [3.63, 3.8) is 0 Å². The van der Waals surface area contributed by atoms with Gasteiger partial charge < -0.3 is 4.98 Å². The highest BCUT2D eigenvalue weighted by Gasteiger charge is 2.17. The molecule has 2 nitrogen and oxygen atoms in total. The average Bonchev–Trinajstić information content (AvgIpc) is 2.71. The monoisotopic (exact) mass is 191 g/mol. The van der Waals surface area contributed by atoms with Crippen molar-refractivity contribution in [2.45, 2.75) is 19.3 Å². The molecule has 2 aromatic rings. The summed E-state index contributed by atoms with van der Waals surface area (Å²) in [5, 5.41) is 1.97. The maximum atomic E-state index is 11.9. The quantitative estimate of drug-likeness (QED) is 0.679. The standard InChI is InChI=1S/C10H9NOS/c12-9-6-2-1-3-7(6)11-8-4-5-13-10(8)9/h4-5H,1-3H2,(H,11,12). The normalized spacial score (nSPS) is 15.1. The molecule has 1 aliphatic carbocycles. The SMILES string of the molecule is O=c1c2c([nH]c3ccsc13)CCC2. The molecule has 3 rings (SSSR count). The van der Waals surface area contributed by atoms with Crippen LogP contribution in [0.25, 0.3) is 10.2 Å². The summed E-state index contributed by atoms with van der Waals surface area (Å²) in [5.74, 6) is 0. The van der Waals surface area contributed by atoms with Gasteiger partial charge in [-0.3, -0.25) is 4.79 Å². The van der Waals surface area contributed by atoms with Crippen molar-refractivity contribution in [1.29, 1.82) is 0 Å². The van der Waals surface area contributed by atoms with Gasteiger partial charge in [-0.2, -0.15) is 0 Å². The van der Waals surface area contributed by atoms with Crippen molar-refractivity contribution in [3.05, 3.63) is 32.9 Å². The van der Waals surface area contributed by atoms with Crippen molar-refractivity contribution in [1.82, 2.24) is 4.98 Å². The first-order chi connectivity index (χ1) is 6.36. The zero-order chi connectivity index (χ0) is 8.84. The number of thiophene rings is 1. The van der Waals surface area contributed by atoms with E-state index in [0.717, 1.165) is 40.7 Å². The van der Waals surface area contributed by atoms with Crippen LogP contribution in [0.15, 0.2) is 16.2 Å². The number of aromatic amines is 1. The van der Waals surface area contributed by atoms with Crippen LogP contribution in [-0.4, -0.2) is 4.98 Å². The molecule has 1 aliphatic rings. The van der Waals surface area contributed by atoms with Crippen molar-refractivity contribution in [2.24, 2.45) is 0 Å². The maximum Gasteiger partial charge on any atom is 0.202 e. The van der Waals surface area contributed by atoms with Gasteiger partial charge in [0, 0.05) is 11.3 Å². The summed E-state index contributed by atoms with van der Waals surface area (Å²) in [7, 11) is 0. The van der Waals surface area contributed by atoms with E-state index < -0.39 is 0 Å². The van der Waals surface area contributed by atoms with Crippen LogP contribution in [-0.2, 0) is 12.8 Å². The number of hydrogen-bond donors (Lipinski definition) is 1. The number of H-pyrrole nitrogens is 1. The molecule has 0 saturated heterocycles. The molecule has 1 N–H and O–H groups in total. The van der Waals surface area contributed by atoms with Crippen molar-refractivity contribution in [3.8, 4) is 0 Å². The third-order valence-electron chi connectivity index (χ3n) is 2.65. The van der Waals surface area contributed by atoms with Gasteiger partial charge in [0.1, 0.15) is 0 Å². The van der Waals surface area contributed by atoms with E-state index in [0.29, 0.717) is 0 Å². The van der Waals surface area contributed by atoms with Gasteiger partial charge in [-0.05, 0) is 30.7 Å². The molecule has 2 heterocycles. The second-order valence-electron chi connectivity index (χ2n) is 3.43. The molecule has 0 saturated carbocycles. The Balaban J connectivity index is 2.53. The molecular weight excluding hydrogens is 182 g/mol. The molecule has 3 heteroatoms. The van der Waals surface area contributed by atoms with Gasteiger partial charge in [0.05, 0.1) is 10.2 Å².